The van der Waals surface area contributed by atoms with E-state index in [4.69, 9.17) is 14.6 Å². The van der Waals surface area contributed by atoms with Crippen LogP contribution in [0, 0.1) is 0 Å². The molecule has 0 saturated heterocycles. The number of aliphatic hydroxyl groups excluding tert-OH is 1. The molecule has 3 aromatic rings. The molecule has 0 aromatic heterocycles. The van der Waals surface area contributed by atoms with Crippen LogP contribution in [0.1, 0.15) is 81.8 Å². The number of esters is 1. The molecule has 3 aromatic carbocycles. The fourth-order valence-corrected chi connectivity index (χ4v) is 4.97. The third-order valence-electron chi connectivity index (χ3n) is 6.83. The minimum absolute atomic E-state index is 0.0527. The molecule has 0 bridgehead atoms. The molecule has 0 radical (unpaired) electrons. The summed E-state index contributed by atoms with van der Waals surface area (Å²) in [7, 11) is 0. The Bertz CT molecular complexity index is 1290. The van der Waals surface area contributed by atoms with Gasteiger partial charge in [-0.05, 0) is 82.5 Å². The summed E-state index contributed by atoms with van der Waals surface area (Å²) in [6.45, 7) is 10.2. The number of ether oxygens (including phenoxy) is 2. The maximum Gasteiger partial charge on any atom is 0.335 e. The number of carbonyl (C=O) groups excluding carboxylic acids is 2. The zero-order valence-electron chi connectivity index (χ0n) is 24.5. The Balaban J connectivity index is 1.93. The van der Waals surface area contributed by atoms with Gasteiger partial charge >= 0.3 is 5.97 Å². The Morgan fingerprint density at radius 3 is 2.17 bits per heavy atom. The van der Waals surface area contributed by atoms with Crippen molar-refractivity contribution in [2.24, 2.45) is 0 Å². The van der Waals surface area contributed by atoms with E-state index in [-0.39, 0.29) is 30.3 Å². The number of hydrogen-bond acceptors (Lipinski definition) is 5. The van der Waals surface area contributed by atoms with Gasteiger partial charge in [0.05, 0.1) is 5.56 Å². The first-order chi connectivity index (χ1) is 19.3. The number of aliphatic hydroxyl groups is 1. The Morgan fingerprint density at radius 2 is 1.52 bits per heavy atom. The first-order valence-corrected chi connectivity index (χ1v) is 14.3. The smallest absolute Gasteiger partial charge is 0.335 e. The van der Waals surface area contributed by atoms with E-state index in [1.165, 1.54) is 11.6 Å². The topological polar surface area (TPSA) is 76.1 Å². The molecule has 0 heterocycles. The van der Waals surface area contributed by atoms with Crippen molar-refractivity contribution >= 4 is 22.6 Å². The fourth-order valence-electron chi connectivity index (χ4n) is 4.97. The highest BCUT2D eigenvalue weighted by atomic mass is 16.5. The lowest BCUT2D eigenvalue weighted by Gasteiger charge is -2.32. The summed E-state index contributed by atoms with van der Waals surface area (Å²) in [5, 5.41) is 10.4. The molecule has 0 aliphatic heterocycles. The summed E-state index contributed by atoms with van der Waals surface area (Å²) < 4.78 is 12.0. The molecule has 0 saturated carbocycles. The standard InChI is InChI=1S/C34H43NO5/c1-6-12-31(37)40-30-21-20-28-14-11-15-29(32(28)33(30)34(38)35(24(2)3)25(4)5)39-23-27-18-16-26(17-19-27)13-9-7-8-10-22-36/h6,11-12,14-21,24-25,36H,7-10,13,22-23H2,1-5H3/b12-6+. The normalized spacial score (nSPS) is 11.5. The van der Waals surface area contributed by atoms with Crippen molar-refractivity contribution < 1.29 is 24.2 Å². The molecule has 0 aliphatic carbocycles. The number of nitrogens with zero attached hydrogens (tertiary/aromatic N) is 1. The zero-order chi connectivity index (χ0) is 29.1. The molecule has 40 heavy (non-hydrogen) atoms. The van der Waals surface area contributed by atoms with Crippen LogP contribution in [-0.2, 0) is 17.8 Å². The Kier molecular flexibility index (Phi) is 11.8. The minimum Gasteiger partial charge on any atom is -0.488 e. The largest absolute Gasteiger partial charge is 0.488 e. The van der Waals surface area contributed by atoms with Crippen LogP contribution < -0.4 is 9.47 Å². The minimum atomic E-state index is -0.538. The number of rotatable bonds is 14. The van der Waals surface area contributed by atoms with E-state index < -0.39 is 5.97 Å². The van der Waals surface area contributed by atoms with Gasteiger partial charge in [0.15, 0.2) is 0 Å². The number of aryl methyl sites for hydroxylation is 1. The average Bonchev–Trinajstić information content (AvgIpc) is 2.92. The van der Waals surface area contributed by atoms with Gasteiger partial charge in [-0.25, -0.2) is 4.79 Å². The number of fused-ring (bicyclic) bond motifs is 1. The lowest BCUT2D eigenvalue weighted by atomic mass is 10.00. The zero-order valence-corrected chi connectivity index (χ0v) is 24.5. The number of amides is 1. The molecule has 1 N–H and O–H groups in total. The molecule has 0 aliphatic rings. The van der Waals surface area contributed by atoms with E-state index in [0.717, 1.165) is 43.1 Å². The van der Waals surface area contributed by atoms with Gasteiger partial charge < -0.3 is 19.5 Å². The van der Waals surface area contributed by atoms with Crippen molar-refractivity contribution in [2.75, 3.05) is 6.61 Å². The third-order valence-corrected chi connectivity index (χ3v) is 6.83. The van der Waals surface area contributed by atoms with Gasteiger partial charge in [-0.3, -0.25) is 4.79 Å². The maximum absolute atomic E-state index is 14.1. The van der Waals surface area contributed by atoms with Crippen LogP contribution in [0.25, 0.3) is 10.8 Å². The summed E-state index contributed by atoms with van der Waals surface area (Å²) in [6.07, 6.45) is 8.10. The Labute approximate surface area is 238 Å². The molecule has 6 nitrogen and oxygen atoms in total. The number of carbonyl (C=O) groups is 2. The number of hydrogen-bond donors (Lipinski definition) is 1. The van der Waals surface area contributed by atoms with Gasteiger partial charge in [0.2, 0.25) is 0 Å². The highest BCUT2D eigenvalue weighted by molar-refractivity contribution is 6.12. The molecule has 0 fully saturated rings. The van der Waals surface area contributed by atoms with Crippen LogP contribution in [-0.4, -0.2) is 40.6 Å². The van der Waals surface area contributed by atoms with E-state index in [9.17, 15) is 9.59 Å². The van der Waals surface area contributed by atoms with E-state index in [0.29, 0.717) is 23.3 Å². The maximum atomic E-state index is 14.1. The Hall–Kier alpha value is -3.64. The van der Waals surface area contributed by atoms with Crippen LogP contribution in [0.3, 0.4) is 0 Å². The highest BCUT2D eigenvalue weighted by Crippen LogP contribution is 2.37. The lowest BCUT2D eigenvalue weighted by Crippen LogP contribution is -2.42. The fraction of sp³-hybridized carbons (Fsp3) is 0.412. The summed E-state index contributed by atoms with van der Waals surface area (Å²) >= 11 is 0. The van der Waals surface area contributed by atoms with Crippen LogP contribution in [0.5, 0.6) is 11.5 Å². The molecule has 0 unspecified atom stereocenters. The van der Waals surface area contributed by atoms with Gasteiger partial charge in [0.25, 0.3) is 5.91 Å². The highest BCUT2D eigenvalue weighted by Gasteiger charge is 2.28. The quantitative estimate of drug-likeness (QED) is 0.0999. The van der Waals surface area contributed by atoms with E-state index in [2.05, 4.69) is 24.3 Å². The van der Waals surface area contributed by atoms with Crippen LogP contribution >= 0.6 is 0 Å². The SMILES string of the molecule is C/C=C/C(=O)Oc1ccc2cccc(OCc3ccc(CCCCCCO)cc3)c2c1C(=O)N(C(C)C)C(C)C. The van der Waals surface area contributed by atoms with E-state index in [1.54, 1.807) is 24.0 Å². The molecular weight excluding hydrogens is 502 g/mol. The second-order valence-corrected chi connectivity index (χ2v) is 10.6. The average molecular weight is 546 g/mol. The van der Waals surface area contributed by atoms with Crippen molar-refractivity contribution in [1.82, 2.24) is 4.90 Å². The van der Waals surface area contributed by atoms with Gasteiger partial charge in [-0.15, -0.1) is 0 Å². The molecule has 1 amide bonds. The first kappa shape index (κ1) is 30.9. The van der Waals surface area contributed by atoms with E-state index >= 15 is 0 Å². The summed E-state index contributed by atoms with van der Waals surface area (Å²) in [5.74, 6) is 0.0261. The molecule has 214 valence electrons. The summed E-state index contributed by atoms with van der Waals surface area (Å²) in [6, 6.07) is 17.5. The monoisotopic (exact) mass is 545 g/mol. The summed E-state index contributed by atoms with van der Waals surface area (Å²) in [4.78, 5) is 28.3. The van der Waals surface area contributed by atoms with Crippen molar-refractivity contribution in [3.8, 4) is 11.5 Å². The van der Waals surface area contributed by atoms with Gasteiger partial charge in [-0.1, -0.05) is 61.4 Å². The number of benzene rings is 3. The molecule has 6 heteroatoms. The van der Waals surface area contributed by atoms with Crippen LogP contribution in [0.2, 0.25) is 0 Å². The van der Waals surface area contributed by atoms with E-state index in [1.807, 2.05) is 52.0 Å². The van der Waals surface area contributed by atoms with Crippen molar-refractivity contribution in [2.45, 2.75) is 85.4 Å². The first-order valence-electron chi connectivity index (χ1n) is 14.3. The number of unbranched alkanes of at least 4 members (excludes halogenated alkanes) is 3. The van der Waals surface area contributed by atoms with Gasteiger partial charge in [0, 0.05) is 30.2 Å². The van der Waals surface area contributed by atoms with Crippen molar-refractivity contribution in [3.63, 3.8) is 0 Å². The molecule has 3 rings (SSSR count). The van der Waals surface area contributed by atoms with Crippen molar-refractivity contribution in [3.05, 3.63) is 83.4 Å². The molecule has 0 atom stereocenters. The molecular formula is C34H43NO5. The lowest BCUT2D eigenvalue weighted by molar-refractivity contribution is -0.129. The van der Waals surface area contributed by atoms with Crippen LogP contribution in [0.4, 0.5) is 0 Å². The summed E-state index contributed by atoms with van der Waals surface area (Å²) in [5.41, 5.74) is 2.63. The predicted molar refractivity (Wildman–Crippen MR) is 161 cm³/mol. The third kappa shape index (κ3) is 8.18. The van der Waals surface area contributed by atoms with Crippen molar-refractivity contribution in [1.29, 1.82) is 0 Å². The predicted octanol–water partition coefficient (Wildman–Crippen LogP) is 7.25. The molecule has 0 spiro atoms. The van der Waals surface area contributed by atoms with Gasteiger partial charge in [-0.2, -0.15) is 0 Å². The second kappa shape index (κ2) is 15.2. The second-order valence-electron chi connectivity index (χ2n) is 10.6. The van der Waals surface area contributed by atoms with Crippen LogP contribution in [0.15, 0.2) is 66.7 Å². The Morgan fingerprint density at radius 1 is 0.850 bits per heavy atom. The van der Waals surface area contributed by atoms with Gasteiger partial charge in [0.1, 0.15) is 18.1 Å². The number of allylic oxidation sites excluding steroid dienone is 1.